The third-order valence-electron chi connectivity index (χ3n) is 5.37. The van der Waals surface area contributed by atoms with Gasteiger partial charge in [0.25, 0.3) is 5.91 Å². The van der Waals surface area contributed by atoms with Crippen molar-refractivity contribution >= 4 is 28.2 Å². The van der Waals surface area contributed by atoms with E-state index in [-0.39, 0.29) is 11.4 Å². The molecule has 0 saturated carbocycles. The van der Waals surface area contributed by atoms with Crippen LogP contribution in [0.2, 0.25) is 0 Å². The zero-order valence-corrected chi connectivity index (χ0v) is 16.4. The number of nitrogens with one attached hydrogen (secondary N) is 1. The molecular formula is C23H22F3N3O. The van der Waals surface area contributed by atoms with Gasteiger partial charge in [-0.2, -0.15) is 13.2 Å². The topological polar surface area (TPSA) is 45.2 Å². The van der Waals surface area contributed by atoms with Crippen molar-refractivity contribution in [1.29, 1.82) is 0 Å². The number of hydrogen-bond donors (Lipinski definition) is 1. The van der Waals surface area contributed by atoms with Gasteiger partial charge in [-0.3, -0.25) is 9.78 Å². The number of nitrogens with zero attached hydrogens (tertiary/aromatic N) is 2. The van der Waals surface area contributed by atoms with Crippen molar-refractivity contribution in [2.45, 2.75) is 31.9 Å². The van der Waals surface area contributed by atoms with Gasteiger partial charge in [0.2, 0.25) is 0 Å². The van der Waals surface area contributed by atoms with E-state index in [9.17, 15) is 18.0 Å². The summed E-state index contributed by atoms with van der Waals surface area (Å²) < 4.78 is 38.8. The monoisotopic (exact) mass is 413 g/mol. The van der Waals surface area contributed by atoms with Gasteiger partial charge >= 0.3 is 6.18 Å². The lowest BCUT2D eigenvalue weighted by Crippen LogP contribution is -2.31. The molecule has 1 fully saturated rings. The fraction of sp³-hybridized carbons (Fsp3) is 0.304. The van der Waals surface area contributed by atoms with Crippen LogP contribution in [0.4, 0.5) is 24.5 Å². The summed E-state index contributed by atoms with van der Waals surface area (Å²) in [4.78, 5) is 18.7. The molecule has 30 heavy (non-hydrogen) atoms. The van der Waals surface area contributed by atoms with Crippen LogP contribution in [0.1, 0.15) is 41.6 Å². The molecule has 1 aliphatic rings. The second-order valence-corrected chi connectivity index (χ2v) is 7.50. The van der Waals surface area contributed by atoms with Gasteiger partial charge in [0.1, 0.15) is 0 Å². The lowest BCUT2D eigenvalue weighted by Gasteiger charge is -2.20. The van der Waals surface area contributed by atoms with Crippen molar-refractivity contribution in [2.24, 2.45) is 0 Å². The van der Waals surface area contributed by atoms with Gasteiger partial charge in [-0.25, -0.2) is 0 Å². The molecule has 0 aliphatic carbocycles. The number of anilines is 2. The van der Waals surface area contributed by atoms with Gasteiger partial charge < -0.3 is 10.2 Å². The first-order chi connectivity index (χ1) is 14.4. The van der Waals surface area contributed by atoms with Gasteiger partial charge in [-0.05, 0) is 55.3 Å². The number of halogens is 3. The van der Waals surface area contributed by atoms with Crippen LogP contribution in [0.25, 0.3) is 10.9 Å². The van der Waals surface area contributed by atoms with Crippen LogP contribution in [0.5, 0.6) is 0 Å². The molecule has 1 aliphatic heterocycles. The average Bonchev–Trinajstić information content (AvgIpc) is 3.02. The predicted molar refractivity (Wildman–Crippen MR) is 111 cm³/mol. The molecule has 7 heteroatoms. The van der Waals surface area contributed by atoms with Gasteiger partial charge in [-0.15, -0.1) is 0 Å². The van der Waals surface area contributed by atoms with E-state index >= 15 is 0 Å². The Kier molecular flexibility index (Phi) is 5.61. The number of hydrogen-bond acceptors (Lipinski definition) is 3. The molecule has 4 nitrogen and oxygen atoms in total. The molecule has 0 spiro atoms. The Morgan fingerprint density at radius 1 is 0.933 bits per heavy atom. The minimum atomic E-state index is -4.41. The molecular weight excluding hydrogens is 391 g/mol. The summed E-state index contributed by atoms with van der Waals surface area (Å²) in [6.45, 7) is 1.59. The number of carbonyl (C=O) groups excluding carboxylic acids is 1. The first-order valence-corrected chi connectivity index (χ1v) is 10.0. The molecule has 1 N–H and O–H groups in total. The Hall–Kier alpha value is -3.09. The molecule has 4 rings (SSSR count). The van der Waals surface area contributed by atoms with Crippen LogP contribution in [0, 0.1) is 0 Å². The number of likely N-dealkylation sites (tertiary alicyclic amines) is 1. The average molecular weight is 413 g/mol. The van der Waals surface area contributed by atoms with Gasteiger partial charge in [0.05, 0.1) is 11.1 Å². The zero-order chi connectivity index (χ0) is 21.1. The molecule has 0 radical (unpaired) electrons. The highest BCUT2D eigenvalue weighted by Crippen LogP contribution is 2.33. The molecule has 2 aromatic carbocycles. The number of rotatable bonds is 3. The number of pyridine rings is 1. The molecule has 1 aromatic heterocycles. The second kappa shape index (κ2) is 8.34. The summed E-state index contributed by atoms with van der Waals surface area (Å²) in [6.07, 6.45) is 1.47. The Morgan fingerprint density at radius 2 is 1.63 bits per heavy atom. The Bertz CT molecular complexity index is 1040. The predicted octanol–water partition coefficient (Wildman–Crippen LogP) is 6.01. The minimum absolute atomic E-state index is 0.0393. The second-order valence-electron chi connectivity index (χ2n) is 7.50. The van der Waals surface area contributed by atoms with E-state index in [0.717, 1.165) is 56.6 Å². The van der Waals surface area contributed by atoms with Crippen molar-refractivity contribution in [2.75, 3.05) is 18.4 Å². The van der Waals surface area contributed by atoms with E-state index in [2.05, 4.69) is 10.3 Å². The van der Waals surface area contributed by atoms with Gasteiger partial charge in [0, 0.05) is 41.6 Å². The number of carbonyl (C=O) groups is 1. The van der Waals surface area contributed by atoms with E-state index in [1.165, 1.54) is 12.3 Å². The van der Waals surface area contributed by atoms with Crippen molar-refractivity contribution in [3.05, 3.63) is 65.9 Å². The van der Waals surface area contributed by atoms with E-state index in [1.807, 2.05) is 4.90 Å². The lowest BCUT2D eigenvalue weighted by atomic mass is 10.1. The van der Waals surface area contributed by atoms with Crippen LogP contribution in [0.15, 0.2) is 54.7 Å². The number of benzene rings is 2. The molecule has 1 amide bonds. The maximum atomic E-state index is 12.9. The third-order valence-corrected chi connectivity index (χ3v) is 5.37. The lowest BCUT2D eigenvalue weighted by molar-refractivity contribution is -0.137. The van der Waals surface area contributed by atoms with Gasteiger partial charge in [0.15, 0.2) is 0 Å². The van der Waals surface area contributed by atoms with E-state index in [1.54, 1.807) is 30.3 Å². The number of aromatic nitrogens is 1. The molecule has 3 aromatic rings. The SMILES string of the molecule is O=C(c1ccc(Nc2ccnc3cc(C(F)(F)F)ccc23)cc1)N1CCCCCC1. The first kappa shape index (κ1) is 20.2. The van der Waals surface area contributed by atoms with E-state index in [0.29, 0.717) is 16.6 Å². The largest absolute Gasteiger partial charge is 0.416 e. The Labute approximate surface area is 172 Å². The van der Waals surface area contributed by atoms with Gasteiger partial charge in [-0.1, -0.05) is 18.9 Å². The van der Waals surface area contributed by atoms with Crippen molar-refractivity contribution in [3.63, 3.8) is 0 Å². The fourth-order valence-electron chi connectivity index (χ4n) is 3.74. The third kappa shape index (κ3) is 4.40. The number of fused-ring (bicyclic) bond motifs is 1. The fourth-order valence-corrected chi connectivity index (χ4v) is 3.74. The summed E-state index contributed by atoms with van der Waals surface area (Å²) in [5.41, 5.74) is 1.57. The van der Waals surface area contributed by atoms with Crippen LogP contribution in [-0.4, -0.2) is 28.9 Å². The summed E-state index contributed by atoms with van der Waals surface area (Å²) in [5, 5.41) is 3.81. The van der Waals surface area contributed by atoms with Crippen molar-refractivity contribution in [1.82, 2.24) is 9.88 Å². The Balaban J connectivity index is 1.53. The standard InChI is InChI=1S/C23H22F3N3O/c24-23(25,26)17-7-10-19-20(11-12-27-21(19)15-17)28-18-8-5-16(6-9-18)22(30)29-13-3-1-2-4-14-29/h5-12,15H,1-4,13-14H2,(H,27,28). The molecule has 0 bridgehead atoms. The molecule has 0 unspecified atom stereocenters. The van der Waals surface area contributed by atoms with E-state index < -0.39 is 11.7 Å². The van der Waals surface area contributed by atoms with Crippen LogP contribution < -0.4 is 5.32 Å². The highest BCUT2D eigenvalue weighted by Gasteiger charge is 2.30. The van der Waals surface area contributed by atoms with Crippen LogP contribution in [0.3, 0.4) is 0 Å². The normalized spacial score (nSPS) is 15.1. The Morgan fingerprint density at radius 3 is 2.30 bits per heavy atom. The van der Waals surface area contributed by atoms with Crippen LogP contribution in [-0.2, 0) is 6.18 Å². The molecule has 1 saturated heterocycles. The highest BCUT2D eigenvalue weighted by atomic mass is 19.4. The van der Waals surface area contributed by atoms with Crippen molar-refractivity contribution < 1.29 is 18.0 Å². The molecule has 156 valence electrons. The van der Waals surface area contributed by atoms with E-state index in [4.69, 9.17) is 0 Å². The smallest absolute Gasteiger partial charge is 0.355 e. The zero-order valence-electron chi connectivity index (χ0n) is 16.4. The highest BCUT2D eigenvalue weighted by molar-refractivity contribution is 5.95. The minimum Gasteiger partial charge on any atom is -0.355 e. The number of alkyl halides is 3. The van der Waals surface area contributed by atoms with Crippen LogP contribution >= 0.6 is 0 Å². The van der Waals surface area contributed by atoms with Crippen molar-refractivity contribution in [3.8, 4) is 0 Å². The summed E-state index contributed by atoms with van der Waals surface area (Å²) in [6, 6.07) is 12.4. The maximum absolute atomic E-state index is 12.9. The first-order valence-electron chi connectivity index (χ1n) is 10.0. The number of amides is 1. The summed E-state index contributed by atoms with van der Waals surface area (Å²) in [7, 11) is 0. The quantitative estimate of drug-likeness (QED) is 0.572. The molecule has 2 heterocycles. The maximum Gasteiger partial charge on any atom is 0.416 e. The molecule has 0 atom stereocenters. The summed E-state index contributed by atoms with van der Waals surface area (Å²) in [5.74, 6) is 0.0393. The summed E-state index contributed by atoms with van der Waals surface area (Å²) >= 11 is 0.